The smallest absolute Gasteiger partial charge is 0.261 e. The number of benzene rings is 1. The van der Waals surface area contributed by atoms with Crippen molar-refractivity contribution in [2.24, 2.45) is 5.92 Å². The van der Waals surface area contributed by atoms with E-state index < -0.39 is 30.7 Å². The number of hydrogen-bond donors (Lipinski definition) is 1. The van der Waals surface area contributed by atoms with Gasteiger partial charge in [0, 0.05) is 16.7 Å². The van der Waals surface area contributed by atoms with Crippen molar-refractivity contribution in [1.29, 1.82) is 0 Å². The Balaban J connectivity index is 3.12. The van der Waals surface area contributed by atoms with Gasteiger partial charge in [0.1, 0.15) is 5.82 Å². The fourth-order valence-electron chi connectivity index (χ4n) is 1.94. The van der Waals surface area contributed by atoms with Crippen molar-refractivity contribution in [1.82, 2.24) is 5.32 Å². The molecule has 1 N–H and O–H groups in total. The highest BCUT2D eigenvalue weighted by Crippen LogP contribution is 2.26. The molecule has 0 saturated heterocycles. The van der Waals surface area contributed by atoms with Gasteiger partial charge in [-0.05, 0) is 31.4 Å². The fourth-order valence-corrected chi connectivity index (χ4v) is 2.90. The van der Waals surface area contributed by atoms with E-state index in [1.165, 1.54) is 0 Å². The summed E-state index contributed by atoms with van der Waals surface area (Å²) in [6, 6.07) is 1.48. The van der Waals surface area contributed by atoms with E-state index in [0.717, 1.165) is 12.5 Å². The van der Waals surface area contributed by atoms with Crippen LogP contribution in [0.5, 0.6) is 0 Å². The van der Waals surface area contributed by atoms with Gasteiger partial charge in [-0.2, -0.15) is 0 Å². The molecule has 0 fully saturated rings. The first kappa shape index (κ1) is 18.2. The van der Waals surface area contributed by atoms with Gasteiger partial charge in [-0.15, -0.1) is 0 Å². The lowest BCUT2D eigenvalue weighted by molar-refractivity contribution is 0.0935. The Bertz CT molecular complexity index is 647. The van der Waals surface area contributed by atoms with Crippen molar-refractivity contribution in [2.45, 2.75) is 38.1 Å². The lowest BCUT2D eigenvalue weighted by Crippen LogP contribution is -2.33. The predicted molar refractivity (Wildman–Crippen MR) is 80.8 cm³/mol. The van der Waals surface area contributed by atoms with Crippen molar-refractivity contribution in [3.63, 3.8) is 0 Å². The molecule has 1 rings (SSSR count). The molecule has 0 saturated carbocycles. The van der Waals surface area contributed by atoms with Crippen LogP contribution in [0.4, 0.5) is 4.39 Å². The van der Waals surface area contributed by atoms with E-state index in [0.29, 0.717) is 12.0 Å². The monoisotopic (exact) mass is 355 g/mol. The van der Waals surface area contributed by atoms with Gasteiger partial charge in [-0.25, -0.2) is 12.8 Å². The summed E-state index contributed by atoms with van der Waals surface area (Å²) in [5, 5.41) is 2.21. The van der Waals surface area contributed by atoms with Crippen LogP contribution in [0, 0.1) is 11.7 Å². The van der Waals surface area contributed by atoms with Gasteiger partial charge < -0.3 is 5.32 Å². The summed E-state index contributed by atoms with van der Waals surface area (Å²) in [6.45, 7) is 5.79. The molecule has 0 aromatic heterocycles. The third kappa shape index (κ3) is 5.13. The minimum absolute atomic E-state index is 0.159. The molecule has 1 aromatic carbocycles. The maximum atomic E-state index is 13.6. The molecule has 1 aromatic rings. The van der Waals surface area contributed by atoms with Crippen LogP contribution in [0.1, 0.15) is 37.6 Å². The zero-order chi connectivity index (χ0) is 16.4. The Hall–Kier alpha value is -0.850. The van der Waals surface area contributed by atoms with Gasteiger partial charge >= 0.3 is 0 Å². The van der Waals surface area contributed by atoms with E-state index in [9.17, 15) is 17.6 Å². The third-order valence-corrected chi connectivity index (χ3v) is 4.45. The first-order valence-electron chi connectivity index (χ1n) is 6.27. The number of carbonyl (C=O) groups excluding carboxylic acids is 1. The molecule has 0 aliphatic heterocycles. The second kappa shape index (κ2) is 6.94. The summed E-state index contributed by atoms with van der Waals surface area (Å²) in [4.78, 5) is 11.6. The molecule has 4 nitrogen and oxygen atoms in total. The Morgan fingerprint density at radius 2 is 1.90 bits per heavy atom. The van der Waals surface area contributed by atoms with Crippen LogP contribution in [0.2, 0.25) is 5.02 Å². The van der Waals surface area contributed by atoms with E-state index in [2.05, 4.69) is 5.32 Å². The first-order chi connectivity index (χ1) is 9.52. The average molecular weight is 356 g/mol. The van der Waals surface area contributed by atoms with Crippen LogP contribution >= 0.6 is 22.3 Å². The van der Waals surface area contributed by atoms with E-state index in [1.54, 1.807) is 6.92 Å². The van der Waals surface area contributed by atoms with Crippen molar-refractivity contribution in [3.8, 4) is 0 Å². The van der Waals surface area contributed by atoms with Gasteiger partial charge in [-0.3, -0.25) is 4.79 Å². The van der Waals surface area contributed by atoms with E-state index in [1.807, 2.05) is 13.8 Å². The van der Waals surface area contributed by atoms with Crippen LogP contribution in [0.15, 0.2) is 17.0 Å². The molecular formula is C13H16Cl2FNO3S. The lowest BCUT2D eigenvalue weighted by Gasteiger charge is -2.16. The SMILES string of the molecule is CC(C)CC(C)NC(=O)c1cc(S(=O)(=O)Cl)cc(F)c1Cl. The number of hydrogen-bond acceptors (Lipinski definition) is 3. The quantitative estimate of drug-likeness (QED) is 0.821. The van der Waals surface area contributed by atoms with Crippen LogP contribution < -0.4 is 5.32 Å². The Kier molecular flexibility index (Phi) is 6.01. The van der Waals surface area contributed by atoms with E-state index in [-0.39, 0.29) is 11.6 Å². The van der Waals surface area contributed by atoms with Gasteiger partial charge in [-0.1, -0.05) is 25.4 Å². The Morgan fingerprint density at radius 1 is 1.33 bits per heavy atom. The molecule has 8 heteroatoms. The van der Waals surface area contributed by atoms with Gasteiger partial charge in [0.15, 0.2) is 0 Å². The van der Waals surface area contributed by atoms with Crippen LogP contribution in [0.25, 0.3) is 0 Å². The third-order valence-electron chi connectivity index (χ3n) is 2.73. The molecule has 1 atom stereocenters. The van der Waals surface area contributed by atoms with E-state index in [4.69, 9.17) is 22.3 Å². The molecule has 21 heavy (non-hydrogen) atoms. The summed E-state index contributed by atoms with van der Waals surface area (Å²) in [5.41, 5.74) is -0.258. The topological polar surface area (TPSA) is 63.2 Å². The Morgan fingerprint density at radius 3 is 2.38 bits per heavy atom. The maximum Gasteiger partial charge on any atom is 0.261 e. The molecule has 0 heterocycles. The molecule has 0 aliphatic rings. The molecular weight excluding hydrogens is 340 g/mol. The summed E-state index contributed by atoms with van der Waals surface area (Å²) in [6.07, 6.45) is 0.722. The van der Waals surface area contributed by atoms with Crippen molar-refractivity contribution < 1.29 is 17.6 Å². The van der Waals surface area contributed by atoms with E-state index >= 15 is 0 Å². The molecule has 1 amide bonds. The van der Waals surface area contributed by atoms with Crippen LogP contribution in [-0.4, -0.2) is 20.4 Å². The number of amides is 1. The van der Waals surface area contributed by atoms with Crippen molar-refractivity contribution in [3.05, 3.63) is 28.5 Å². The number of rotatable bonds is 5. The summed E-state index contributed by atoms with van der Waals surface area (Å²) in [5.74, 6) is -1.30. The zero-order valence-electron chi connectivity index (χ0n) is 11.8. The second-order valence-electron chi connectivity index (χ2n) is 5.21. The maximum absolute atomic E-state index is 13.6. The van der Waals surface area contributed by atoms with Crippen LogP contribution in [-0.2, 0) is 9.05 Å². The highest BCUT2D eigenvalue weighted by molar-refractivity contribution is 8.13. The molecule has 0 aliphatic carbocycles. The molecule has 0 radical (unpaired) electrons. The average Bonchev–Trinajstić information content (AvgIpc) is 2.29. The largest absolute Gasteiger partial charge is 0.350 e. The first-order valence-corrected chi connectivity index (χ1v) is 8.95. The normalized spacial score (nSPS) is 13.3. The zero-order valence-corrected chi connectivity index (χ0v) is 14.1. The Labute approximate surface area is 133 Å². The predicted octanol–water partition coefficient (Wildman–Crippen LogP) is 3.57. The van der Waals surface area contributed by atoms with Gasteiger partial charge in [0.05, 0.1) is 15.5 Å². The fraction of sp³-hybridized carbons (Fsp3) is 0.462. The number of carbonyl (C=O) groups is 1. The minimum atomic E-state index is -4.15. The van der Waals surface area contributed by atoms with Gasteiger partial charge in [0.2, 0.25) is 0 Å². The molecule has 1 unspecified atom stereocenters. The number of nitrogens with one attached hydrogen (secondary N) is 1. The standard InChI is InChI=1S/C13H16Cl2FNO3S/c1-7(2)4-8(3)17-13(18)10-5-9(21(15,19)20)6-11(16)12(10)14/h5-8H,4H2,1-3H3,(H,17,18). The minimum Gasteiger partial charge on any atom is -0.350 e. The summed E-state index contributed by atoms with van der Waals surface area (Å²) < 4.78 is 36.2. The van der Waals surface area contributed by atoms with Crippen molar-refractivity contribution >= 4 is 37.2 Å². The summed E-state index contributed by atoms with van der Waals surface area (Å²) in [7, 11) is 1.01. The molecule has 0 spiro atoms. The molecule has 0 bridgehead atoms. The second-order valence-corrected chi connectivity index (χ2v) is 8.15. The molecule has 118 valence electrons. The summed E-state index contributed by atoms with van der Waals surface area (Å²) >= 11 is 5.73. The number of halogens is 3. The highest BCUT2D eigenvalue weighted by Gasteiger charge is 2.21. The lowest BCUT2D eigenvalue weighted by atomic mass is 10.0. The van der Waals surface area contributed by atoms with Crippen LogP contribution in [0.3, 0.4) is 0 Å². The van der Waals surface area contributed by atoms with Gasteiger partial charge in [0.25, 0.3) is 15.0 Å². The van der Waals surface area contributed by atoms with Crippen molar-refractivity contribution in [2.75, 3.05) is 0 Å². The highest BCUT2D eigenvalue weighted by atomic mass is 35.7.